The first-order valence-electron chi connectivity index (χ1n) is 5.71. The number of anilines is 1. The summed E-state index contributed by atoms with van der Waals surface area (Å²) in [5.74, 6) is 0. The Morgan fingerprint density at radius 1 is 1.24 bits per heavy atom. The van der Waals surface area contributed by atoms with Crippen molar-refractivity contribution in [2.24, 2.45) is 0 Å². The maximum Gasteiger partial charge on any atom is 0.0991 e. The van der Waals surface area contributed by atoms with E-state index in [4.69, 9.17) is 5.26 Å². The summed E-state index contributed by atoms with van der Waals surface area (Å²) < 4.78 is 2.21. The van der Waals surface area contributed by atoms with Crippen molar-refractivity contribution in [1.29, 1.82) is 5.26 Å². The summed E-state index contributed by atoms with van der Waals surface area (Å²) in [6, 6.07) is 13.8. The maximum absolute atomic E-state index is 8.70. The van der Waals surface area contributed by atoms with Crippen molar-refractivity contribution in [2.45, 2.75) is 20.0 Å². The van der Waals surface area contributed by atoms with E-state index in [0.29, 0.717) is 5.56 Å². The molecule has 1 aromatic heterocycles. The van der Waals surface area contributed by atoms with Crippen molar-refractivity contribution in [3.63, 3.8) is 0 Å². The van der Waals surface area contributed by atoms with Gasteiger partial charge in [-0.2, -0.15) is 5.26 Å². The van der Waals surface area contributed by atoms with Crippen molar-refractivity contribution in [2.75, 3.05) is 5.32 Å². The number of nitriles is 1. The Labute approximate surface area is 101 Å². The summed E-state index contributed by atoms with van der Waals surface area (Å²) in [4.78, 5) is 0. The van der Waals surface area contributed by atoms with E-state index in [1.807, 2.05) is 24.3 Å². The summed E-state index contributed by atoms with van der Waals surface area (Å²) in [6.07, 6.45) is 2.08. The molecule has 0 saturated heterocycles. The van der Waals surface area contributed by atoms with Crippen molar-refractivity contribution >= 4 is 5.69 Å². The number of aryl methyl sites for hydroxylation is 1. The highest BCUT2D eigenvalue weighted by molar-refractivity contribution is 5.47. The van der Waals surface area contributed by atoms with Crippen LogP contribution in [0.1, 0.15) is 18.2 Å². The molecule has 0 fully saturated rings. The molecule has 0 saturated carbocycles. The van der Waals surface area contributed by atoms with Crippen LogP contribution in [0.5, 0.6) is 0 Å². The van der Waals surface area contributed by atoms with Crippen LogP contribution in [-0.2, 0) is 13.1 Å². The zero-order valence-electron chi connectivity index (χ0n) is 9.85. The molecule has 0 spiro atoms. The van der Waals surface area contributed by atoms with E-state index >= 15 is 0 Å². The number of rotatable bonds is 4. The second-order valence-corrected chi connectivity index (χ2v) is 3.83. The molecule has 1 N–H and O–H groups in total. The SMILES string of the molecule is CCn1cccc1CNc1ccc(C#N)cc1. The third-order valence-electron chi connectivity index (χ3n) is 2.75. The van der Waals surface area contributed by atoms with Gasteiger partial charge in [-0.05, 0) is 43.3 Å². The number of nitrogens with zero attached hydrogens (tertiary/aromatic N) is 2. The van der Waals surface area contributed by atoms with Gasteiger partial charge in [0.25, 0.3) is 0 Å². The third kappa shape index (κ3) is 2.67. The number of benzene rings is 1. The average Bonchev–Trinajstić information content (AvgIpc) is 2.84. The molecule has 0 radical (unpaired) electrons. The quantitative estimate of drug-likeness (QED) is 0.869. The minimum atomic E-state index is 0.687. The lowest BCUT2D eigenvalue weighted by atomic mass is 10.2. The van der Waals surface area contributed by atoms with Gasteiger partial charge < -0.3 is 9.88 Å². The van der Waals surface area contributed by atoms with E-state index in [-0.39, 0.29) is 0 Å². The minimum Gasteiger partial charge on any atom is -0.379 e. The number of hydrogen-bond donors (Lipinski definition) is 1. The Morgan fingerprint density at radius 2 is 2.00 bits per heavy atom. The molecule has 1 heterocycles. The van der Waals surface area contributed by atoms with Gasteiger partial charge in [0.2, 0.25) is 0 Å². The predicted octanol–water partition coefficient (Wildman–Crippen LogP) is 2.99. The summed E-state index contributed by atoms with van der Waals surface area (Å²) in [6.45, 7) is 3.91. The van der Waals surface area contributed by atoms with E-state index in [0.717, 1.165) is 18.8 Å². The van der Waals surface area contributed by atoms with Crippen LogP contribution < -0.4 is 5.32 Å². The Balaban J connectivity index is 2.00. The molecule has 0 aliphatic heterocycles. The number of hydrogen-bond acceptors (Lipinski definition) is 2. The summed E-state index contributed by atoms with van der Waals surface area (Å²) in [7, 11) is 0. The second kappa shape index (κ2) is 5.22. The molecular formula is C14H15N3. The fourth-order valence-electron chi connectivity index (χ4n) is 1.77. The van der Waals surface area contributed by atoms with Crippen LogP contribution in [0.3, 0.4) is 0 Å². The molecule has 1 aromatic carbocycles. The minimum absolute atomic E-state index is 0.687. The second-order valence-electron chi connectivity index (χ2n) is 3.83. The first kappa shape index (κ1) is 11.3. The van der Waals surface area contributed by atoms with E-state index in [2.05, 4.69) is 41.2 Å². The zero-order chi connectivity index (χ0) is 12.1. The van der Waals surface area contributed by atoms with Crippen LogP contribution in [0.25, 0.3) is 0 Å². The van der Waals surface area contributed by atoms with Crippen molar-refractivity contribution in [1.82, 2.24) is 4.57 Å². The van der Waals surface area contributed by atoms with Gasteiger partial charge in [0.1, 0.15) is 0 Å². The lowest BCUT2D eigenvalue weighted by Gasteiger charge is -2.09. The summed E-state index contributed by atoms with van der Waals surface area (Å²) >= 11 is 0. The van der Waals surface area contributed by atoms with Gasteiger partial charge in [0.15, 0.2) is 0 Å². The molecule has 2 aromatic rings. The zero-order valence-corrected chi connectivity index (χ0v) is 9.85. The summed E-state index contributed by atoms with van der Waals surface area (Å²) in [5.41, 5.74) is 2.98. The highest BCUT2D eigenvalue weighted by Crippen LogP contribution is 2.11. The van der Waals surface area contributed by atoms with Crippen LogP contribution in [0, 0.1) is 11.3 Å². The molecule has 3 heteroatoms. The van der Waals surface area contributed by atoms with Crippen molar-refractivity contribution in [3.05, 3.63) is 53.9 Å². The molecule has 0 aliphatic carbocycles. The lowest BCUT2D eigenvalue weighted by Crippen LogP contribution is -2.05. The van der Waals surface area contributed by atoms with Crippen molar-refractivity contribution in [3.8, 4) is 6.07 Å². The Kier molecular flexibility index (Phi) is 3.46. The fourth-order valence-corrected chi connectivity index (χ4v) is 1.77. The predicted molar refractivity (Wildman–Crippen MR) is 68.6 cm³/mol. The molecule has 0 amide bonds. The topological polar surface area (TPSA) is 40.8 Å². The molecule has 86 valence electrons. The lowest BCUT2D eigenvalue weighted by molar-refractivity contribution is 0.724. The number of aromatic nitrogens is 1. The van der Waals surface area contributed by atoms with E-state index < -0.39 is 0 Å². The fraction of sp³-hybridized carbons (Fsp3) is 0.214. The van der Waals surface area contributed by atoms with Gasteiger partial charge in [-0.25, -0.2) is 0 Å². The normalized spacial score (nSPS) is 9.88. The highest BCUT2D eigenvalue weighted by atomic mass is 15.0. The number of nitrogens with one attached hydrogen (secondary N) is 1. The van der Waals surface area contributed by atoms with Gasteiger partial charge in [0.05, 0.1) is 18.2 Å². The summed E-state index contributed by atoms with van der Waals surface area (Å²) in [5, 5.41) is 12.0. The van der Waals surface area contributed by atoms with Gasteiger partial charge in [-0.15, -0.1) is 0 Å². The Morgan fingerprint density at radius 3 is 2.65 bits per heavy atom. The smallest absolute Gasteiger partial charge is 0.0991 e. The molecule has 2 rings (SSSR count). The van der Waals surface area contributed by atoms with E-state index in [9.17, 15) is 0 Å². The molecule has 17 heavy (non-hydrogen) atoms. The monoisotopic (exact) mass is 225 g/mol. The molecule has 3 nitrogen and oxygen atoms in total. The van der Waals surface area contributed by atoms with Gasteiger partial charge >= 0.3 is 0 Å². The van der Waals surface area contributed by atoms with E-state index in [1.54, 1.807) is 0 Å². The van der Waals surface area contributed by atoms with Gasteiger partial charge in [-0.1, -0.05) is 0 Å². The standard InChI is InChI=1S/C14H15N3/c1-2-17-9-3-4-14(17)11-16-13-7-5-12(10-15)6-8-13/h3-9,16H,2,11H2,1H3. The van der Waals surface area contributed by atoms with Crippen LogP contribution in [0.2, 0.25) is 0 Å². The molecule has 0 unspecified atom stereocenters. The van der Waals surface area contributed by atoms with Crippen LogP contribution >= 0.6 is 0 Å². The van der Waals surface area contributed by atoms with Crippen LogP contribution in [-0.4, -0.2) is 4.57 Å². The molecular weight excluding hydrogens is 210 g/mol. The van der Waals surface area contributed by atoms with Crippen LogP contribution in [0.15, 0.2) is 42.6 Å². The molecule has 0 atom stereocenters. The molecule has 0 bridgehead atoms. The molecule has 0 aliphatic rings. The average molecular weight is 225 g/mol. The van der Waals surface area contributed by atoms with E-state index in [1.165, 1.54) is 5.69 Å². The van der Waals surface area contributed by atoms with Gasteiger partial charge in [0, 0.05) is 24.1 Å². The first-order chi connectivity index (χ1) is 8.33. The van der Waals surface area contributed by atoms with Crippen LogP contribution in [0.4, 0.5) is 5.69 Å². The third-order valence-corrected chi connectivity index (χ3v) is 2.75. The first-order valence-corrected chi connectivity index (χ1v) is 5.71. The van der Waals surface area contributed by atoms with Crippen molar-refractivity contribution < 1.29 is 0 Å². The maximum atomic E-state index is 8.70. The Bertz CT molecular complexity index is 517. The van der Waals surface area contributed by atoms with Gasteiger partial charge in [-0.3, -0.25) is 0 Å². The Hall–Kier alpha value is -2.21. The largest absolute Gasteiger partial charge is 0.379 e. The highest BCUT2D eigenvalue weighted by Gasteiger charge is 1.99.